The van der Waals surface area contributed by atoms with Gasteiger partial charge in [0.05, 0.1) is 17.2 Å². The largest absolute Gasteiger partial charge is 0.398 e. The first kappa shape index (κ1) is 10.1. The monoisotopic (exact) mass is 189 g/mol. The first-order chi connectivity index (χ1) is 6.69. The summed E-state index contributed by atoms with van der Waals surface area (Å²) < 4.78 is 0. The maximum absolute atomic E-state index is 11.4. The van der Waals surface area contributed by atoms with Gasteiger partial charge in [-0.25, -0.2) is 0 Å². The van der Waals surface area contributed by atoms with Crippen molar-refractivity contribution in [2.45, 2.75) is 6.92 Å². The van der Waals surface area contributed by atoms with Crippen LogP contribution >= 0.6 is 0 Å². The summed E-state index contributed by atoms with van der Waals surface area (Å²) >= 11 is 0. The lowest BCUT2D eigenvalue weighted by Gasteiger charge is -2.05. The van der Waals surface area contributed by atoms with Crippen LogP contribution in [0, 0.1) is 11.3 Å². The lowest BCUT2D eigenvalue weighted by Crippen LogP contribution is -2.23. The average Bonchev–Trinajstić information content (AvgIpc) is 2.19. The lowest BCUT2D eigenvalue weighted by molar-refractivity contribution is 0.0956. The third-order valence-corrected chi connectivity index (χ3v) is 1.76. The molecule has 0 saturated carbocycles. The number of anilines is 1. The highest BCUT2D eigenvalue weighted by Gasteiger charge is 2.08. The minimum Gasteiger partial charge on any atom is -0.398 e. The van der Waals surface area contributed by atoms with Crippen LogP contribution in [0.5, 0.6) is 0 Å². The number of amides is 1. The molecule has 0 atom stereocenters. The Morgan fingerprint density at radius 2 is 2.36 bits per heavy atom. The number of hydrogen-bond acceptors (Lipinski definition) is 3. The Balaban J connectivity index is 3.07. The highest BCUT2D eigenvalue weighted by molar-refractivity contribution is 5.99. The summed E-state index contributed by atoms with van der Waals surface area (Å²) in [5.74, 6) is -0.248. The molecule has 14 heavy (non-hydrogen) atoms. The summed E-state index contributed by atoms with van der Waals surface area (Å²) in [6.45, 7) is 2.36. The molecule has 0 unspecified atom stereocenters. The Labute approximate surface area is 82.3 Å². The van der Waals surface area contributed by atoms with E-state index >= 15 is 0 Å². The predicted molar refractivity (Wildman–Crippen MR) is 53.6 cm³/mol. The van der Waals surface area contributed by atoms with Crippen molar-refractivity contribution >= 4 is 11.6 Å². The Kier molecular flexibility index (Phi) is 3.08. The van der Waals surface area contributed by atoms with Crippen LogP contribution in [-0.2, 0) is 0 Å². The second kappa shape index (κ2) is 4.28. The summed E-state index contributed by atoms with van der Waals surface area (Å²) in [5, 5.41) is 11.3. The summed E-state index contributed by atoms with van der Waals surface area (Å²) in [4.78, 5) is 11.4. The summed E-state index contributed by atoms with van der Waals surface area (Å²) in [6, 6.07) is 6.58. The molecule has 0 aliphatic rings. The van der Waals surface area contributed by atoms with E-state index in [9.17, 15) is 4.79 Å². The number of nitrogens with one attached hydrogen (secondary N) is 1. The molecule has 1 aromatic rings. The number of carbonyl (C=O) groups excluding carboxylic acids is 1. The number of benzene rings is 1. The van der Waals surface area contributed by atoms with Crippen LogP contribution < -0.4 is 11.1 Å². The summed E-state index contributed by atoms with van der Waals surface area (Å²) in [6.07, 6.45) is 0. The van der Waals surface area contributed by atoms with Gasteiger partial charge in [-0.3, -0.25) is 4.79 Å². The molecule has 0 radical (unpaired) electrons. The van der Waals surface area contributed by atoms with Crippen LogP contribution in [0.15, 0.2) is 18.2 Å². The third-order valence-electron chi connectivity index (χ3n) is 1.76. The Morgan fingerprint density at radius 1 is 1.64 bits per heavy atom. The molecule has 0 saturated heterocycles. The van der Waals surface area contributed by atoms with E-state index in [2.05, 4.69) is 5.32 Å². The van der Waals surface area contributed by atoms with Crippen molar-refractivity contribution in [2.24, 2.45) is 0 Å². The van der Waals surface area contributed by atoms with E-state index in [-0.39, 0.29) is 5.91 Å². The summed E-state index contributed by atoms with van der Waals surface area (Å²) in [7, 11) is 0. The smallest absolute Gasteiger partial charge is 0.253 e. The van der Waals surface area contributed by atoms with Crippen LogP contribution in [-0.4, -0.2) is 12.5 Å². The van der Waals surface area contributed by atoms with Gasteiger partial charge in [0.1, 0.15) is 0 Å². The number of carbonyl (C=O) groups is 1. The maximum atomic E-state index is 11.4. The van der Waals surface area contributed by atoms with Gasteiger partial charge in [0, 0.05) is 12.2 Å². The molecule has 0 aliphatic carbocycles. The molecule has 1 rings (SSSR count). The predicted octanol–water partition coefficient (Wildman–Crippen LogP) is 0.890. The van der Waals surface area contributed by atoms with E-state index in [4.69, 9.17) is 11.0 Å². The number of hydrogen-bond donors (Lipinski definition) is 2. The molecule has 0 aromatic heterocycles. The van der Waals surface area contributed by atoms with Crippen molar-refractivity contribution in [3.8, 4) is 6.07 Å². The van der Waals surface area contributed by atoms with Crippen LogP contribution in [0.1, 0.15) is 22.8 Å². The number of nitriles is 1. The van der Waals surface area contributed by atoms with Crippen LogP contribution in [0.4, 0.5) is 5.69 Å². The molecule has 1 amide bonds. The summed E-state index contributed by atoms with van der Waals surface area (Å²) in [5.41, 5.74) is 6.77. The fourth-order valence-corrected chi connectivity index (χ4v) is 1.08. The van der Waals surface area contributed by atoms with Crippen LogP contribution in [0.2, 0.25) is 0 Å². The van der Waals surface area contributed by atoms with Gasteiger partial charge in [0.25, 0.3) is 5.91 Å². The second-order valence-corrected chi connectivity index (χ2v) is 2.77. The number of nitrogens with zero attached hydrogens (tertiary/aromatic N) is 1. The fourth-order valence-electron chi connectivity index (χ4n) is 1.08. The van der Waals surface area contributed by atoms with Crippen molar-refractivity contribution in [2.75, 3.05) is 12.3 Å². The Bertz CT molecular complexity index is 393. The van der Waals surface area contributed by atoms with Crippen LogP contribution in [0.3, 0.4) is 0 Å². The van der Waals surface area contributed by atoms with Gasteiger partial charge in [-0.15, -0.1) is 0 Å². The molecule has 0 bridgehead atoms. The topological polar surface area (TPSA) is 78.9 Å². The van der Waals surface area contributed by atoms with E-state index in [1.165, 1.54) is 6.07 Å². The molecule has 0 aliphatic heterocycles. The van der Waals surface area contributed by atoms with Gasteiger partial charge in [-0.2, -0.15) is 5.26 Å². The second-order valence-electron chi connectivity index (χ2n) is 2.77. The molecule has 0 fully saturated rings. The zero-order valence-electron chi connectivity index (χ0n) is 7.87. The highest BCUT2D eigenvalue weighted by atomic mass is 16.1. The van der Waals surface area contributed by atoms with Gasteiger partial charge in [-0.1, -0.05) is 0 Å². The van der Waals surface area contributed by atoms with Crippen molar-refractivity contribution in [1.29, 1.82) is 5.26 Å². The molecule has 1 aromatic carbocycles. The third kappa shape index (κ3) is 2.02. The molecule has 4 nitrogen and oxygen atoms in total. The fraction of sp³-hybridized carbons (Fsp3) is 0.200. The van der Waals surface area contributed by atoms with Crippen molar-refractivity contribution in [3.63, 3.8) is 0 Å². The average molecular weight is 189 g/mol. The van der Waals surface area contributed by atoms with Crippen molar-refractivity contribution in [1.82, 2.24) is 5.32 Å². The standard InChI is InChI=1S/C10H11N3O/c1-2-13-10(14)8-5-7(6-11)3-4-9(8)12/h3-5H,2,12H2,1H3,(H,13,14). The number of rotatable bonds is 2. The normalized spacial score (nSPS) is 9.14. The molecule has 3 N–H and O–H groups in total. The van der Waals surface area contributed by atoms with Crippen molar-refractivity contribution in [3.05, 3.63) is 29.3 Å². The Hall–Kier alpha value is -2.02. The van der Waals surface area contributed by atoms with Crippen molar-refractivity contribution < 1.29 is 4.79 Å². The SMILES string of the molecule is CCNC(=O)c1cc(C#N)ccc1N. The van der Waals surface area contributed by atoms with E-state index in [0.29, 0.717) is 23.4 Å². The van der Waals surface area contributed by atoms with Gasteiger partial charge in [0.15, 0.2) is 0 Å². The maximum Gasteiger partial charge on any atom is 0.253 e. The number of nitrogen functional groups attached to an aromatic ring is 1. The van der Waals surface area contributed by atoms with E-state index in [1.807, 2.05) is 13.0 Å². The highest BCUT2D eigenvalue weighted by Crippen LogP contribution is 2.13. The quantitative estimate of drug-likeness (QED) is 0.678. The minimum atomic E-state index is -0.248. The van der Waals surface area contributed by atoms with E-state index < -0.39 is 0 Å². The number of nitrogens with two attached hydrogens (primary N) is 1. The molecular formula is C10H11N3O. The van der Waals surface area contributed by atoms with Gasteiger partial charge < -0.3 is 11.1 Å². The molecule has 4 heteroatoms. The molecule has 0 heterocycles. The molecule has 72 valence electrons. The first-order valence-corrected chi connectivity index (χ1v) is 4.27. The Morgan fingerprint density at radius 3 is 2.93 bits per heavy atom. The van der Waals surface area contributed by atoms with E-state index in [0.717, 1.165) is 0 Å². The van der Waals surface area contributed by atoms with E-state index in [1.54, 1.807) is 12.1 Å². The molecule has 0 spiro atoms. The zero-order chi connectivity index (χ0) is 10.6. The van der Waals surface area contributed by atoms with Gasteiger partial charge in [-0.05, 0) is 25.1 Å². The first-order valence-electron chi connectivity index (χ1n) is 4.27. The minimum absolute atomic E-state index is 0.248. The lowest BCUT2D eigenvalue weighted by atomic mass is 10.1. The molecular weight excluding hydrogens is 178 g/mol. The van der Waals surface area contributed by atoms with Gasteiger partial charge in [0.2, 0.25) is 0 Å². The zero-order valence-corrected chi connectivity index (χ0v) is 7.87. The van der Waals surface area contributed by atoms with Gasteiger partial charge >= 0.3 is 0 Å². The van der Waals surface area contributed by atoms with Crippen LogP contribution in [0.25, 0.3) is 0 Å².